The van der Waals surface area contributed by atoms with Crippen LogP contribution in [0.15, 0.2) is 22.8 Å². The van der Waals surface area contributed by atoms with Crippen molar-refractivity contribution in [2.75, 3.05) is 0 Å². The molecule has 0 amide bonds. The highest BCUT2D eigenvalue weighted by molar-refractivity contribution is 5.49. The van der Waals surface area contributed by atoms with Crippen LogP contribution in [0.4, 0.5) is 0 Å². The maximum atomic E-state index is 10.8. The van der Waals surface area contributed by atoms with Crippen molar-refractivity contribution >= 4 is 0 Å². The van der Waals surface area contributed by atoms with Gasteiger partial charge in [-0.05, 0) is 109 Å². The Labute approximate surface area is 191 Å². The number of hydrogen-bond acceptors (Lipinski definition) is 2. The molecule has 4 rings (SSSR count). The normalized spacial score (nSPS) is 41.4. The van der Waals surface area contributed by atoms with E-state index in [1.54, 1.807) is 16.7 Å². The quantitative estimate of drug-likeness (QED) is 0.492. The molecule has 0 saturated heterocycles. The highest BCUT2D eigenvalue weighted by atomic mass is 16.3. The molecule has 0 aliphatic heterocycles. The van der Waals surface area contributed by atoms with Gasteiger partial charge in [0, 0.05) is 0 Å². The first-order chi connectivity index (χ1) is 14.4. The Morgan fingerprint density at radius 2 is 1.68 bits per heavy atom. The molecule has 4 aliphatic rings. The number of allylic oxidation sites excluding steroid dienone is 4. The standard InChI is InChI=1S/C29H48O2/c1-18(2)24(30)12-8-19(3)21-10-11-22-20-9-13-25-27(4,5)26(31)15-17-29(25,7)23(20)14-16-28(21,22)6/h11,18-19,21,24-26,30-31H,8-10,12-17H2,1-7H3/t19-,21-,24-,25?,26+,28-,29-/m1/s1. The average molecular weight is 429 g/mol. The van der Waals surface area contributed by atoms with Crippen LogP contribution in [0.3, 0.4) is 0 Å². The Morgan fingerprint density at radius 3 is 2.35 bits per heavy atom. The molecule has 2 heteroatoms. The van der Waals surface area contributed by atoms with Crippen LogP contribution in [0.1, 0.15) is 106 Å². The SMILES string of the molecule is CC(C)[C@H](O)CC[C@@H](C)[C@H]1CC=C2C3=C(CC[C@@]21C)[C@@]1(C)CC[C@H](O)C(C)(C)C1CC3. The molecule has 31 heavy (non-hydrogen) atoms. The van der Waals surface area contributed by atoms with Crippen molar-refractivity contribution in [2.24, 2.45) is 39.9 Å². The Kier molecular flexibility index (Phi) is 6.09. The van der Waals surface area contributed by atoms with Crippen molar-refractivity contribution < 1.29 is 10.2 Å². The van der Waals surface area contributed by atoms with Gasteiger partial charge in [0.15, 0.2) is 0 Å². The van der Waals surface area contributed by atoms with E-state index in [2.05, 4.69) is 54.5 Å². The minimum atomic E-state index is -0.162. The zero-order valence-electron chi connectivity index (χ0n) is 21.3. The van der Waals surface area contributed by atoms with Crippen LogP contribution in [0, 0.1) is 39.9 Å². The van der Waals surface area contributed by atoms with E-state index in [9.17, 15) is 10.2 Å². The molecule has 4 aliphatic carbocycles. The van der Waals surface area contributed by atoms with E-state index in [0.29, 0.717) is 29.1 Å². The lowest BCUT2D eigenvalue weighted by Gasteiger charge is -2.59. The largest absolute Gasteiger partial charge is 0.393 e. The summed E-state index contributed by atoms with van der Waals surface area (Å²) in [6, 6.07) is 0. The lowest BCUT2D eigenvalue weighted by atomic mass is 9.46. The van der Waals surface area contributed by atoms with E-state index < -0.39 is 0 Å². The molecule has 176 valence electrons. The predicted molar refractivity (Wildman–Crippen MR) is 130 cm³/mol. The van der Waals surface area contributed by atoms with Gasteiger partial charge >= 0.3 is 0 Å². The summed E-state index contributed by atoms with van der Waals surface area (Å²) in [4.78, 5) is 0. The maximum Gasteiger partial charge on any atom is 0.0594 e. The molecule has 0 bridgehead atoms. The maximum absolute atomic E-state index is 10.8. The van der Waals surface area contributed by atoms with Crippen LogP contribution in [0.25, 0.3) is 0 Å². The monoisotopic (exact) mass is 428 g/mol. The number of hydrogen-bond donors (Lipinski definition) is 2. The van der Waals surface area contributed by atoms with Gasteiger partial charge in [-0.2, -0.15) is 0 Å². The smallest absolute Gasteiger partial charge is 0.0594 e. The molecule has 0 aromatic rings. The third kappa shape index (κ3) is 3.59. The van der Waals surface area contributed by atoms with Crippen molar-refractivity contribution in [3.63, 3.8) is 0 Å². The minimum absolute atomic E-state index is 0.0185. The molecule has 0 heterocycles. The van der Waals surface area contributed by atoms with E-state index in [-0.39, 0.29) is 23.0 Å². The fourth-order valence-corrected chi connectivity index (χ4v) is 8.54. The molecule has 2 N–H and O–H groups in total. The van der Waals surface area contributed by atoms with Gasteiger partial charge in [-0.15, -0.1) is 0 Å². The molecule has 0 spiro atoms. The minimum Gasteiger partial charge on any atom is -0.393 e. The van der Waals surface area contributed by atoms with Gasteiger partial charge in [0.1, 0.15) is 0 Å². The van der Waals surface area contributed by atoms with Gasteiger partial charge in [-0.1, -0.05) is 60.1 Å². The fourth-order valence-electron chi connectivity index (χ4n) is 8.54. The predicted octanol–water partition coefficient (Wildman–Crippen LogP) is 7.06. The van der Waals surface area contributed by atoms with Gasteiger partial charge < -0.3 is 10.2 Å². The Morgan fingerprint density at radius 1 is 0.968 bits per heavy atom. The molecule has 0 aromatic heterocycles. The summed E-state index contributed by atoms with van der Waals surface area (Å²) in [5.74, 6) is 2.33. The first-order valence-corrected chi connectivity index (χ1v) is 13.2. The van der Waals surface area contributed by atoms with Gasteiger partial charge in [-0.3, -0.25) is 0 Å². The molecule has 0 radical (unpaired) electrons. The lowest BCUT2D eigenvalue weighted by molar-refractivity contribution is -0.0905. The fraction of sp³-hybridized carbons (Fsp3) is 0.862. The van der Waals surface area contributed by atoms with E-state index >= 15 is 0 Å². The van der Waals surface area contributed by atoms with Crippen LogP contribution in [-0.4, -0.2) is 22.4 Å². The molecule has 1 unspecified atom stereocenters. The highest BCUT2D eigenvalue weighted by Crippen LogP contribution is 2.66. The second-order valence-electron chi connectivity index (χ2n) is 13.1. The topological polar surface area (TPSA) is 40.5 Å². The summed E-state index contributed by atoms with van der Waals surface area (Å²) in [5, 5.41) is 21.1. The Hall–Kier alpha value is -0.600. The summed E-state index contributed by atoms with van der Waals surface area (Å²) >= 11 is 0. The Bertz CT molecular complexity index is 759. The first kappa shape index (κ1) is 23.6. The zero-order valence-corrected chi connectivity index (χ0v) is 21.3. The third-order valence-corrected chi connectivity index (χ3v) is 10.8. The molecule has 1 fully saturated rings. The number of rotatable bonds is 5. The van der Waals surface area contributed by atoms with Crippen molar-refractivity contribution in [3.05, 3.63) is 22.8 Å². The van der Waals surface area contributed by atoms with Gasteiger partial charge in [-0.25, -0.2) is 0 Å². The summed E-state index contributed by atoms with van der Waals surface area (Å²) in [6.45, 7) is 16.4. The van der Waals surface area contributed by atoms with Crippen LogP contribution in [-0.2, 0) is 0 Å². The van der Waals surface area contributed by atoms with Crippen LogP contribution < -0.4 is 0 Å². The van der Waals surface area contributed by atoms with E-state index in [1.165, 1.54) is 32.1 Å². The zero-order chi connectivity index (χ0) is 22.8. The second kappa shape index (κ2) is 8.01. The van der Waals surface area contributed by atoms with E-state index in [0.717, 1.165) is 25.7 Å². The second-order valence-corrected chi connectivity index (χ2v) is 13.1. The van der Waals surface area contributed by atoms with Gasteiger partial charge in [0.25, 0.3) is 0 Å². The first-order valence-electron chi connectivity index (χ1n) is 13.2. The summed E-state index contributed by atoms with van der Waals surface area (Å²) in [7, 11) is 0. The molecule has 0 aromatic carbocycles. The third-order valence-electron chi connectivity index (χ3n) is 10.8. The van der Waals surface area contributed by atoms with Crippen molar-refractivity contribution in [1.29, 1.82) is 0 Å². The van der Waals surface area contributed by atoms with E-state index in [1.807, 2.05) is 0 Å². The lowest BCUT2D eigenvalue weighted by Crippen LogP contribution is -2.53. The van der Waals surface area contributed by atoms with Gasteiger partial charge in [0.05, 0.1) is 12.2 Å². The average Bonchev–Trinajstić information content (AvgIpc) is 3.06. The molecule has 2 nitrogen and oxygen atoms in total. The number of aliphatic hydroxyl groups is 2. The van der Waals surface area contributed by atoms with Gasteiger partial charge in [0.2, 0.25) is 0 Å². The summed E-state index contributed by atoms with van der Waals surface area (Å²) < 4.78 is 0. The van der Waals surface area contributed by atoms with E-state index in [4.69, 9.17) is 0 Å². The molecule has 1 saturated carbocycles. The molecular weight excluding hydrogens is 380 g/mol. The van der Waals surface area contributed by atoms with Crippen molar-refractivity contribution in [3.8, 4) is 0 Å². The number of aliphatic hydroxyl groups excluding tert-OH is 2. The van der Waals surface area contributed by atoms with Crippen LogP contribution >= 0.6 is 0 Å². The molecular formula is C29H48O2. The number of fused-ring (bicyclic) bond motifs is 4. The Balaban J connectivity index is 1.57. The molecule has 7 atom stereocenters. The van der Waals surface area contributed by atoms with Crippen molar-refractivity contribution in [1.82, 2.24) is 0 Å². The van der Waals surface area contributed by atoms with Crippen molar-refractivity contribution in [2.45, 2.75) is 118 Å². The highest BCUT2D eigenvalue weighted by Gasteiger charge is 2.57. The summed E-state index contributed by atoms with van der Waals surface area (Å²) in [5.41, 5.74) is 5.77. The summed E-state index contributed by atoms with van der Waals surface area (Å²) in [6.07, 6.45) is 12.7. The van der Waals surface area contributed by atoms with Crippen LogP contribution in [0.2, 0.25) is 0 Å². The van der Waals surface area contributed by atoms with Crippen LogP contribution in [0.5, 0.6) is 0 Å².